The molecule has 2 nitrogen and oxygen atoms in total. The highest BCUT2D eigenvalue weighted by atomic mass is 79.9. The lowest BCUT2D eigenvalue weighted by Gasteiger charge is -2.08. The van der Waals surface area contributed by atoms with Gasteiger partial charge in [-0.3, -0.25) is 0 Å². The summed E-state index contributed by atoms with van der Waals surface area (Å²) in [5.74, 6) is 0.123. The zero-order valence-corrected chi connectivity index (χ0v) is 12.2. The monoisotopic (exact) mass is 379 g/mol. The Hall–Kier alpha value is -0.650. The van der Waals surface area contributed by atoms with Gasteiger partial charge in [-0.25, -0.2) is 9.37 Å². The van der Waals surface area contributed by atoms with E-state index in [0.717, 1.165) is 0 Å². The van der Waals surface area contributed by atoms with Gasteiger partial charge in [0, 0.05) is 12.3 Å². The number of benzene rings is 1. The molecule has 1 aromatic heterocycles. The van der Waals surface area contributed by atoms with Crippen LogP contribution in [-0.2, 0) is 0 Å². The van der Waals surface area contributed by atoms with Gasteiger partial charge in [-0.15, -0.1) is 0 Å². The molecule has 88 valence electrons. The molecule has 0 aliphatic heterocycles. The molecule has 17 heavy (non-hydrogen) atoms. The van der Waals surface area contributed by atoms with Crippen molar-refractivity contribution in [2.75, 3.05) is 0 Å². The third-order valence-electron chi connectivity index (χ3n) is 1.91. The molecule has 0 spiro atoms. The Morgan fingerprint density at radius 1 is 1.24 bits per heavy atom. The molecule has 0 aliphatic rings. The predicted molar refractivity (Wildman–Crippen MR) is 71.1 cm³/mol. The van der Waals surface area contributed by atoms with Crippen LogP contribution in [0.25, 0.3) is 0 Å². The minimum absolute atomic E-state index is 0.0318. The van der Waals surface area contributed by atoms with E-state index in [1.807, 2.05) is 0 Å². The number of nitrogens with zero attached hydrogens (tertiary/aromatic N) is 1. The van der Waals surface area contributed by atoms with Crippen molar-refractivity contribution in [3.05, 3.63) is 50.2 Å². The molecule has 2 rings (SSSR count). The molecule has 1 aromatic carbocycles. The largest absolute Gasteiger partial charge is 0.437 e. The first-order valence-corrected chi connectivity index (χ1v) is 6.47. The first kappa shape index (κ1) is 12.8. The third-order valence-corrected chi connectivity index (χ3v) is 3.42. The second kappa shape index (κ2) is 5.33. The quantitative estimate of drug-likeness (QED) is 0.668. The molecule has 1 heterocycles. The van der Waals surface area contributed by atoms with Crippen molar-refractivity contribution < 1.29 is 9.13 Å². The van der Waals surface area contributed by atoms with Gasteiger partial charge in [0.25, 0.3) is 0 Å². The molecule has 0 N–H and O–H groups in total. The summed E-state index contributed by atoms with van der Waals surface area (Å²) in [5, 5.41) is 0.0318. The molecule has 2 aromatic rings. The van der Waals surface area contributed by atoms with Crippen LogP contribution in [-0.4, -0.2) is 4.98 Å². The van der Waals surface area contributed by atoms with Gasteiger partial charge in [0.15, 0.2) is 0 Å². The normalized spacial score (nSPS) is 10.4. The smallest absolute Gasteiger partial charge is 0.233 e. The van der Waals surface area contributed by atoms with Crippen LogP contribution in [0, 0.1) is 5.82 Å². The van der Waals surface area contributed by atoms with Crippen molar-refractivity contribution in [3.8, 4) is 11.6 Å². The summed E-state index contributed by atoms with van der Waals surface area (Å²) in [6, 6.07) is 6.17. The molecule has 0 fully saturated rings. The summed E-state index contributed by atoms with van der Waals surface area (Å²) in [7, 11) is 0. The lowest BCUT2D eigenvalue weighted by Crippen LogP contribution is -1.91. The SMILES string of the molecule is Fc1cc(Oc2ncccc2Br)c(Br)cc1Cl. The Bertz CT molecular complexity index is 565. The summed E-state index contributed by atoms with van der Waals surface area (Å²) >= 11 is 12.2. The van der Waals surface area contributed by atoms with Crippen LogP contribution in [0.2, 0.25) is 5.02 Å². The second-order valence-corrected chi connectivity index (χ2v) is 5.21. The van der Waals surface area contributed by atoms with Gasteiger partial charge in [0.2, 0.25) is 5.88 Å². The van der Waals surface area contributed by atoms with Crippen molar-refractivity contribution in [1.82, 2.24) is 4.98 Å². The maximum atomic E-state index is 13.3. The van der Waals surface area contributed by atoms with Crippen LogP contribution in [0.1, 0.15) is 0 Å². The number of rotatable bonds is 2. The van der Waals surface area contributed by atoms with Crippen molar-refractivity contribution in [2.45, 2.75) is 0 Å². The highest BCUT2D eigenvalue weighted by Gasteiger charge is 2.10. The fraction of sp³-hybridized carbons (Fsp3) is 0. The zero-order valence-electron chi connectivity index (χ0n) is 8.25. The third kappa shape index (κ3) is 2.97. The predicted octanol–water partition coefficient (Wildman–Crippen LogP) is 5.19. The summed E-state index contributed by atoms with van der Waals surface area (Å²) in [5.41, 5.74) is 0. The van der Waals surface area contributed by atoms with E-state index in [0.29, 0.717) is 20.6 Å². The number of hydrogen-bond acceptors (Lipinski definition) is 2. The average Bonchev–Trinajstić information content (AvgIpc) is 2.29. The van der Waals surface area contributed by atoms with Crippen LogP contribution in [0.15, 0.2) is 39.4 Å². The summed E-state index contributed by atoms with van der Waals surface area (Å²) in [4.78, 5) is 4.02. The number of pyridine rings is 1. The highest BCUT2D eigenvalue weighted by molar-refractivity contribution is 9.11. The van der Waals surface area contributed by atoms with Crippen molar-refractivity contribution in [1.29, 1.82) is 0 Å². The van der Waals surface area contributed by atoms with Crippen LogP contribution in [0.5, 0.6) is 11.6 Å². The number of halogens is 4. The molecule has 6 heteroatoms. The molecule has 0 bridgehead atoms. The fourth-order valence-corrected chi connectivity index (χ4v) is 2.19. The van der Waals surface area contributed by atoms with Crippen molar-refractivity contribution in [3.63, 3.8) is 0 Å². The minimum Gasteiger partial charge on any atom is -0.437 e. The summed E-state index contributed by atoms with van der Waals surface area (Å²) in [6.07, 6.45) is 1.58. The standard InChI is InChI=1S/C11H5Br2ClFNO/c12-6-2-1-3-16-11(6)17-10-5-9(15)8(14)4-7(10)13/h1-5H. The van der Waals surface area contributed by atoms with Gasteiger partial charge >= 0.3 is 0 Å². The van der Waals surface area contributed by atoms with Crippen molar-refractivity contribution in [2.24, 2.45) is 0 Å². The van der Waals surface area contributed by atoms with Gasteiger partial charge in [-0.1, -0.05) is 11.6 Å². The van der Waals surface area contributed by atoms with E-state index >= 15 is 0 Å². The lowest BCUT2D eigenvalue weighted by molar-refractivity contribution is 0.452. The molecular weight excluding hydrogens is 376 g/mol. The second-order valence-electron chi connectivity index (χ2n) is 3.09. The van der Waals surface area contributed by atoms with Gasteiger partial charge in [-0.05, 0) is 50.1 Å². The van der Waals surface area contributed by atoms with E-state index in [-0.39, 0.29) is 5.02 Å². The Kier molecular flexibility index (Phi) is 4.01. The molecule has 0 amide bonds. The van der Waals surface area contributed by atoms with Gasteiger partial charge in [0.05, 0.1) is 14.0 Å². The number of hydrogen-bond donors (Lipinski definition) is 0. The first-order chi connectivity index (χ1) is 8.08. The zero-order chi connectivity index (χ0) is 12.4. The van der Waals surface area contributed by atoms with Gasteiger partial charge < -0.3 is 4.74 Å². The van der Waals surface area contributed by atoms with Crippen LogP contribution >= 0.6 is 43.5 Å². The fourth-order valence-electron chi connectivity index (χ4n) is 1.13. The minimum atomic E-state index is -0.545. The molecule has 0 saturated heterocycles. The van der Waals surface area contributed by atoms with Crippen molar-refractivity contribution >= 4 is 43.5 Å². The van der Waals surface area contributed by atoms with Crippen LogP contribution < -0.4 is 4.74 Å². The molecule has 0 unspecified atom stereocenters. The van der Waals surface area contributed by atoms with Gasteiger partial charge in [-0.2, -0.15) is 0 Å². The first-order valence-electron chi connectivity index (χ1n) is 4.51. The maximum absolute atomic E-state index is 13.3. The molecular formula is C11H5Br2ClFNO. The Morgan fingerprint density at radius 3 is 2.71 bits per heavy atom. The van der Waals surface area contributed by atoms with E-state index in [9.17, 15) is 4.39 Å². The van der Waals surface area contributed by atoms with E-state index in [4.69, 9.17) is 16.3 Å². The maximum Gasteiger partial charge on any atom is 0.233 e. The average molecular weight is 381 g/mol. The number of aromatic nitrogens is 1. The van der Waals surface area contributed by atoms with E-state index in [1.54, 1.807) is 18.3 Å². The van der Waals surface area contributed by atoms with E-state index in [2.05, 4.69) is 36.8 Å². The highest BCUT2D eigenvalue weighted by Crippen LogP contribution is 2.35. The van der Waals surface area contributed by atoms with Gasteiger partial charge in [0.1, 0.15) is 11.6 Å². The molecule has 0 saturated carbocycles. The van der Waals surface area contributed by atoms with Crippen LogP contribution in [0.4, 0.5) is 4.39 Å². The Balaban J connectivity index is 2.37. The molecule has 0 atom stereocenters. The summed E-state index contributed by atoms with van der Waals surface area (Å²) in [6.45, 7) is 0. The summed E-state index contributed by atoms with van der Waals surface area (Å²) < 4.78 is 20.0. The molecule has 0 aliphatic carbocycles. The lowest BCUT2D eigenvalue weighted by atomic mass is 10.3. The Morgan fingerprint density at radius 2 is 2.00 bits per heavy atom. The Labute approximate surface area is 119 Å². The molecule has 0 radical (unpaired) electrons. The van der Waals surface area contributed by atoms with E-state index < -0.39 is 5.82 Å². The van der Waals surface area contributed by atoms with Crippen LogP contribution in [0.3, 0.4) is 0 Å². The number of ether oxygens (including phenoxy) is 1. The topological polar surface area (TPSA) is 22.1 Å². The van der Waals surface area contributed by atoms with E-state index in [1.165, 1.54) is 12.1 Å².